The molecule has 0 bridgehead atoms. The highest BCUT2D eigenvalue weighted by Gasteiger charge is 2.21. The van der Waals surface area contributed by atoms with Crippen molar-refractivity contribution in [1.29, 1.82) is 0 Å². The van der Waals surface area contributed by atoms with Gasteiger partial charge in [-0.2, -0.15) is 0 Å². The van der Waals surface area contributed by atoms with Crippen molar-refractivity contribution in [3.8, 4) is 5.75 Å². The molecule has 0 radical (unpaired) electrons. The fourth-order valence-electron chi connectivity index (χ4n) is 2.88. The predicted molar refractivity (Wildman–Crippen MR) is 108 cm³/mol. The third-order valence-electron chi connectivity index (χ3n) is 4.22. The van der Waals surface area contributed by atoms with E-state index in [2.05, 4.69) is 15.2 Å². The second-order valence-corrected chi connectivity index (χ2v) is 6.91. The first-order valence-electron chi connectivity index (χ1n) is 8.56. The normalized spacial score (nSPS) is 16.3. The zero-order chi connectivity index (χ0) is 18.4. The predicted octanol–water partition coefficient (Wildman–Crippen LogP) is 4.12. The molecule has 1 aromatic heterocycles. The standard InChI is InChI=1S/C19H22ClN3O2S/c1-24-18-11-14(7-8-17(18)20)22-19(26)23(13-16-6-4-10-25-16)12-15-5-2-3-9-21-15/h2-3,5,7-9,11,16H,4,6,10,12-13H2,1H3,(H,22,26)/t16-/m1/s1. The molecule has 7 heteroatoms. The van der Waals surface area contributed by atoms with E-state index in [1.54, 1.807) is 19.4 Å². The van der Waals surface area contributed by atoms with Gasteiger partial charge in [-0.3, -0.25) is 4.98 Å². The summed E-state index contributed by atoms with van der Waals surface area (Å²) in [6, 6.07) is 11.4. The fourth-order valence-corrected chi connectivity index (χ4v) is 3.33. The minimum atomic E-state index is 0.193. The number of pyridine rings is 1. The van der Waals surface area contributed by atoms with Crippen LogP contribution in [0.25, 0.3) is 0 Å². The summed E-state index contributed by atoms with van der Waals surface area (Å²) in [4.78, 5) is 6.51. The summed E-state index contributed by atoms with van der Waals surface area (Å²) in [7, 11) is 1.59. The van der Waals surface area contributed by atoms with E-state index in [0.29, 0.717) is 22.4 Å². The number of thiocarbonyl (C=S) groups is 1. The molecule has 0 saturated carbocycles. The molecule has 1 aliphatic heterocycles. The highest BCUT2D eigenvalue weighted by molar-refractivity contribution is 7.80. The van der Waals surface area contributed by atoms with E-state index in [-0.39, 0.29) is 6.10 Å². The van der Waals surface area contributed by atoms with Crippen LogP contribution in [0.4, 0.5) is 5.69 Å². The second-order valence-electron chi connectivity index (χ2n) is 6.12. The summed E-state index contributed by atoms with van der Waals surface area (Å²) in [5.41, 5.74) is 1.79. The Labute approximate surface area is 164 Å². The van der Waals surface area contributed by atoms with Crippen LogP contribution in [0.3, 0.4) is 0 Å². The average molecular weight is 392 g/mol. The second kappa shape index (κ2) is 9.16. The zero-order valence-electron chi connectivity index (χ0n) is 14.7. The molecule has 1 saturated heterocycles. The van der Waals surface area contributed by atoms with Crippen LogP contribution in [-0.2, 0) is 11.3 Å². The zero-order valence-corrected chi connectivity index (χ0v) is 16.2. The number of hydrogen-bond acceptors (Lipinski definition) is 4. The summed E-state index contributed by atoms with van der Waals surface area (Å²) < 4.78 is 11.1. The van der Waals surface area contributed by atoms with Crippen LogP contribution in [0.15, 0.2) is 42.6 Å². The van der Waals surface area contributed by atoms with E-state index in [1.165, 1.54) is 0 Å². The summed E-state index contributed by atoms with van der Waals surface area (Å²) in [6.45, 7) is 2.17. The quantitative estimate of drug-likeness (QED) is 0.747. The highest BCUT2D eigenvalue weighted by Crippen LogP contribution is 2.27. The van der Waals surface area contributed by atoms with Crippen molar-refractivity contribution < 1.29 is 9.47 Å². The van der Waals surface area contributed by atoms with Gasteiger partial charge in [-0.25, -0.2) is 0 Å². The molecule has 1 N–H and O–H groups in total. The van der Waals surface area contributed by atoms with Crippen molar-refractivity contribution in [2.45, 2.75) is 25.5 Å². The maximum absolute atomic E-state index is 6.10. The van der Waals surface area contributed by atoms with E-state index >= 15 is 0 Å². The van der Waals surface area contributed by atoms with Crippen LogP contribution in [0.2, 0.25) is 5.02 Å². The van der Waals surface area contributed by atoms with Gasteiger partial charge in [0.05, 0.1) is 30.5 Å². The molecule has 0 unspecified atom stereocenters. The van der Waals surface area contributed by atoms with Gasteiger partial charge < -0.3 is 19.7 Å². The van der Waals surface area contributed by atoms with Crippen LogP contribution >= 0.6 is 23.8 Å². The maximum Gasteiger partial charge on any atom is 0.173 e. The Hall–Kier alpha value is -1.89. The molecule has 0 aliphatic carbocycles. The molecule has 1 atom stereocenters. The third kappa shape index (κ3) is 5.06. The van der Waals surface area contributed by atoms with Gasteiger partial charge in [0.1, 0.15) is 5.75 Å². The Balaban J connectivity index is 1.72. The number of nitrogens with one attached hydrogen (secondary N) is 1. The minimum absolute atomic E-state index is 0.193. The van der Waals surface area contributed by atoms with Crippen LogP contribution < -0.4 is 10.1 Å². The summed E-state index contributed by atoms with van der Waals surface area (Å²) in [5.74, 6) is 0.606. The van der Waals surface area contributed by atoms with Crippen molar-refractivity contribution in [1.82, 2.24) is 9.88 Å². The first-order chi connectivity index (χ1) is 12.7. The van der Waals surface area contributed by atoms with Gasteiger partial charge in [0.2, 0.25) is 0 Å². The van der Waals surface area contributed by atoms with Crippen LogP contribution in [-0.4, -0.2) is 41.4 Å². The van der Waals surface area contributed by atoms with Crippen molar-refractivity contribution in [2.75, 3.05) is 25.6 Å². The molecule has 1 aromatic carbocycles. The number of hydrogen-bond donors (Lipinski definition) is 1. The van der Waals surface area contributed by atoms with Crippen molar-refractivity contribution >= 4 is 34.6 Å². The molecule has 1 aliphatic rings. The lowest BCUT2D eigenvalue weighted by Crippen LogP contribution is -2.39. The van der Waals surface area contributed by atoms with Crippen LogP contribution in [0.1, 0.15) is 18.5 Å². The minimum Gasteiger partial charge on any atom is -0.495 e. The molecule has 2 heterocycles. The lowest BCUT2D eigenvalue weighted by atomic mass is 10.2. The number of aromatic nitrogens is 1. The van der Waals surface area contributed by atoms with Crippen molar-refractivity contribution in [3.63, 3.8) is 0 Å². The fraction of sp³-hybridized carbons (Fsp3) is 0.368. The summed E-state index contributed by atoms with van der Waals surface area (Å²) in [6.07, 6.45) is 4.13. The number of halogens is 1. The molecular weight excluding hydrogens is 370 g/mol. The number of anilines is 1. The summed E-state index contributed by atoms with van der Waals surface area (Å²) in [5, 5.41) is 4.46. The van der Waals surface area contributed by atoms with E-state index in [0.717, 1.165) is 37.4 Å². The Morgan fingerprint density at radius 2 is 2.31 bits per heavy atom. The molecular formula is C19H22ClN3O2S. The number of nitrogens with zero attached hydrogens (tertiary/aromatic N) is 2. The Bertz CT molecular complexity index is 739. The van der Waals surface area contributed by atoms with Gasteiger partial charge in [-0.1, -0.05) is 17.7 Å². The third-order valence-corrected chi connectivity index (χ3v) is 4.89. The Kier molecular flexibility index (Phi) is 6.66. The van der Waals surface area contributed by atoms with E-state index < -0.39 is 0 Å². The van der Waals surface area contributed by atoms with E-state index in [1.807, 2.05) is 30.3 Å². The van der Waals surface area contributed by atoms with Crippen LogP contribution in [0, 0.1) is 0 Å². The monoisotopic (exact) mass is 391 g/mol. The largest absolute Gasteiger partial charge is 0.495 e. The SMILES string of the molecule is COc1cc(NC(=S)N(Cc2ccccn2)C[C@H]2CCCO2)ccc1Cl. The van der Waals surface area contributed by atoms with Crippen molar-refractivity contribution in [3.05, 3.63) is 53.3 Å². The number of rotatable bonds is 6. The first-order valence-corrected chi connectivity index (χ1v) is 9.35. The topological polar surface area (TPSA) is 46.6 Å². The van der Waals surface area contributed by atoms with Gasteiger partial charge in [-0.05, 0) is 49.3 Å². The Morgan fingerprint density at radius 3 is 3.00 bits per heavy atom. The molecule has 5 nitrogen and oxygen atoms in total. The number of ether oxygens (including phenoxy) is 2. The maximum atomic E-state index is 6.10. The average Bonchev–Trinajstić information content (AvgIpc) is 3.16. The highest BCUT2D eigenvalue weighted by atomic mass is 35.5. The first kappa shape index (κ1) is 18.9. The van der Waals surface area contributed by atoms with Gasteiger partial charge in [0, 0.05) is 31.1 Å². The molecule has 26 heavy (non-hydrogen) atoms. The molecule has 138 valence electrons. The molecule has 1 fully saturated rings. The lowest BCUT2D eigenvalue weighted by molar-refractivity contribution is 0.0903. The van der Waals surface area contributed by atoms with Crippen molar-refractivity contribution in [2.24, 2.45) is 0 Å². The molecule has 0 amide bonds. The summed E-state index contributed by atoms with van der Waals surface area (Å²) >= 11 is 11.8. The molecule has 3 rings (SSSR count). The van der Waals surface area contributed by atoms with E-state index in [4.69, 9.17) is 33.3 Å². The Morgan fingerprint density at radius 1 is 1.42 bits per heavy atom. The van der Waals surface area contributed by atoms with E-state index in [9.17, 15) is 0 Å². The van der Waals surface area contributed by atoms with Gasteiger partial charge in [0.25, 0.3) is 0 Å². The van der Waals surface area contributed by atoms with Gasteiger partial charge in [-0.15, -0.1) is 0 Å². The lowest BCUT2D eigenvalue weighted by Gasteiger charge is -2.28. The molecule has 0 spiro atoms. The smallest absolute Gasteiger partial charge is 0.173 e. The number of methoxy groups -OCH3 is 1. The number of benzene rings is 1. The van der Waals surface area contributed by atoms with Gasteiger partial charge >= 0.3 is 0 Å². The van der Waals surface area contributed by atoms with Gasteiger partial charge in [0.15, 0.2) is 5.11 Å². The molecule has 2 aromatic rings. The van der Waals surface area contributed by atoms with Crippen LogP contribution in [0.5, 0.6) is 5.75 Å².